The number of aryl methyl sites for hydroxylation is 2. The normalized spacial score (nSPS) is 30.4. The zero-order valence-corrected chi connectivity index (χ0v) is 31.3. The number of anilines is 1. The molecule has 1 aliphatic carbocycles. The lowest BCUT2D eigenvalue weighted by molar-refractivity contribution is -0.117. The number of aromatic nitrogens is 2. The molecule has 278 valence electrons. The van der Waals surface area contributed by atoms with Crippen molar-refractivity contribution in [2.75, 3.05) is 37.5 Å². The molecule has 2 saturated heterocycles. The first-order chi connectivity index (χ1) is 25.1. The first kappa shape index (κ1) is 35.4. The number of halogens is 1. The minimum Gasteiger partial charge on any atom is -0.491 e. The molecular formula is C38H47ClN6O6S. The second-order valence-corrected chi connectivity index (χ2v) is 17.5. The van der Waals surface area contributed by atoms with Crippen LogP contribution >= 0.6 is 11.6 Å². The van der Waals surface area contributed by atoms with E-state index in [0.29, 0.717) is 37.3 Å². The predicted molar refractivity (Wildman–Crippen MR) is 198 cm³/mol. The van der Waals surface area contributed by atoms with Gasteiger partial charge in [-0.3, -0.25) is 19.0 Å². The minimum absolute atomic E-state index is 0.00363. The van der Waals surface area contributed by atoms with E-state index in [1.807, 2.05) is 18.2 Å². The predicted octanol–water partition coefficient (Wildman–Crippen LogP) is 5.47. The number of carbonyl (C=O) groups is 2. The Morgan fingerprint density at radius 1 is 1.10 bits per heavy atom. The van der Waals surface area contributed by atoms with Gasteiger partial charge in [-0.05, 0) is 111 Å². The quantitative estimate of drug-likeness (QED) is 0.358. The molecule has 1 saturated carbocycles. The Morgan fingerprint density at radius 3 is 2.81 bits per heavy atom. The van der Waals surface area contributed by atoms with Gasteiger partial charge in [0, 0.05) is 55.1 Å². The van der Waals surface area contributed by atoms with Crippen molar-refractivity contribution in [3.8, 4) is 11.6 Å². The topological polar surface area (TPSA) is 136 Å². The number of nitrogens with zero attached hydrogens (tertiary/aromatic N) is 4. The number of ether oxygens (including phenoxy) is 3. The van der Waals surface area contributed by atoms with Crippen LogP contribution in [-0.4, -0.2) is 76.1 Å². The SMILES string of the molecule is COc1nn(C)cc1C(=O)NS1(=O)=NC(=O)c2ccc3c(c2)N(Cc2ccc(Cl)cc2CCCCO3)C[C@@H]2CC[C@H]2[C@H]2OCCC[C@]23CC[C@@H](C1)N3. The number of nitrogens with one attached hydrogen (secondary N) is 2. The molecule has 0 radical (unpaired) electrons. The average molecular weight is 751 g/mol. The number of methoxy groups -OCH3 is 1. The van der Waals surface area contributed by atoms with Gasteiger partial charge in [0.05, 0.1) is 31.3 Å². The van der Waals surface area contributed by atoms with Crippen molar-refractivity contribution in [3.63, 3.8) is 0 Å². The Labute approximate surface area is 310 Å². The molecule has 12 nitrogen and oxygen atoms in total. The maximum Gasteiger partial charge on any atom is 0.286 e. The standard InChI is InChI=1S/C38H47ClN6O6S/c1-44-22-31(37(41-44)49-2)36(47)43-52(48)23-29-13-15-38(40-29)14-5-17-51-34(38)30-11-8-27(30)21-45-20-26-7-10-28(39)18-24(26)6-3-4-16-50-33-12-9-25(19-32(33)45)35(46)42-52/h7,9-10,12,18-19,22,27,29-30,34,40H,3-6,8,11,13-17,20-21,23H2,1-2H3,(H,42,43,46,47,48)/t27-,29-,30+,34+,38-,52?/m0/s1. The molecular weight excluding hydrogens is 704 g/mol. The van der Waals surface area contributed by atoms with Gasteiger partial charge in [0.15, 0.2) is 0 Å². The van der Waals surface area contributed by atoms with Crippen LogP contribution in [0.4, 0.5) is 5.69 Å². The van der Waals surface area contributed by atoms with E-state index in [2.05, 4.69) is 36.5 Å². The third-order valence-electron chi connectivity index (χ3n) is 11.7. The van der Waals surface area contributed by atoms with Crippen molar-refractivity contribution in [3.05, 3.63) is 69.9 Å². The van der Waals surface area contributed by atoms with Gasteiger partial charge in [-0.1, -0.05) is 17.7 Å². The monoisotopic (exact) mass is 750 g/mol. The molecule has 4 bridgehead atoms. The Morgan fingerprint density at radius 2 is 1.98 bits per heavy atom. The van der Waals surface area contributed by atoms with E-state index in [4.69, 9.17) is 25.8 Å². The molecule has 6 atom stereocenters. The largest absolute Gasteiger partial charge is 0.491 e. The third-order valence-corrected chi connectivity index (χ3v) is 13.7. The van der Waals surface area contributed by atoms with Crippen molar-refractivity contribution >= 4 is 39.0 Å². The van der Waals surface area contributed by atoms with Crippen LogP contribution < -0.4 is 24.4 Å². The van der Waals surface area contributed by atoms with Gasteiger partial charge in [0.2, 0.25) is 5.88 Å². The lowest BCUT2D eigenvalue weighted by atomic mass is 9.64. The number of hydrogen-bond donors (Lipinski definition) is 2. The third kappa shape index (κ3) is 6.92. The molecule has 2 N–H and O–H groups in total. The van der Waals surface area contributed by atoms with Crippen LogP contribution in [0.15, 0.2) is 47.0 Å². The van der Waals surface area contributed by atoms with Crippen molar-refractivity contribution in [1.82, 2.24) is 19.8 Å². The lowest BCUT2D eigenvalue weighted by Gasteiger charge is -2.52. The zero-order valence-electron chi connectivity index (χ0n) is 29.8. The Hall–Kier alpha value is -3.65. The Bertz CT molecular complexity index is 2000. The van der Waals surface area contributed by atoms with E-state index >= 15 is 0 Å². The van der Waals surface area contributed by atoms with Gasteiger partial charge >= 0.3 is 0 Å². The molecule has 1 aromatic heterocycles. The van der Waals surface area contributed by atoms with Crippen LogP contribution in [0.25, 0.3) is 0 Å². The highest BCUT2D eigenvalue weighted by Crippen LogP contribution is 2.49. The second-order valence-electron chi connectivity index (χ2n) is 15.1. The van der Waals surface area contributed by atoms with Gasteiger partial charge in [-0.25, -0.2) is 4.21 Å². The molecule has 4 aliphatic heterocycles. The first-order valence-electron chi connectivity index (χ1n) is 18.5. The highest BCUT2D eigenvalue weighted by molar-refractivity contribution is 7.92. The van der Waals surface area contributed by atoms with Crippen LogP contribution in [0.5, 0.6) is 11.6 Å². The van der Waals surface area contributed by atoms with Crippen LogP contribution in [0.3, 0.4) is 0 Å². The lowest BCUT2D eigenvalue weighted by Crippen LogP contribution is -2.62. The molecule has 2 amide bonds. The number of rotatable bonds is 3. The summed E-state index contributed by atoms with van der Waals surface area (Å²) in [5.74, 6) is 0.105. The fourth-order valence-electron chi connectivity index (χ4n) is 9.06. The summed E-state index contributed by atoms with van der Waals surface area (Å²) in [6.07, 6.45) is 9.83. The van der Waals surface area contributed by atoms with Crippen molar-refractivity contribution < 1.29 is 28.0 Å². The second kappa shape index (κ2) is 14.3. The summed E-state index contributed by atoms with van der Waals surface area (Å²) in [6.45, 7) is 2.61. The number of hydrogen-bond acceptors (Lipinski definition) is 9. The fourth-order valence-corrected chi connectivity index (χ4v) is 11.0. The van der Waals surface area contributed by atoms with Crippen molar-refractivity contribution in [2.24, 2.45) is 23.2 Å². The van der Waals surface area contributed by atoms with Gasteiger partial charge in [0.1, 0.15) is 21.2 Å². The van der Waals surface area contributed by atoms with Crippen LogP contribution in [0.1, 0.15) is 83.2 Å². The van der Waals surface area contributed by atoms with E-state index in [-0.39, 0.29) is 40.4 Å². The fraction of sp³-hybridized carbons (Fsp3) is 0.553. The maximum atomic E-state index is 14.9. The summed E-state index contributed by atoms with van der Waals surface area (Å²) in [5.41, 5.74) is 3.29. The van der Waals surface area contributed by atoms with Gasteiger partial charge in [-0.2, -0.15) is 0 Å². The highest BCUT2D eigenvalue weighted by Gasteiger charge is 2.54. The Kier molecular flexibility index (Phi) is 9.73. The summed E-state index contributed by atoms with van der Waals surface area (Å²) < 4.78 is 41.8. The molecule has 1 spiro atoms. The molecule has 5 heterocycles. The smallest absolute Gasteiger partial charge is 0.286 e. The highest BCUT2D eigenvalue weighted by atomic mass is 35.5. The van der Waals surface area contributed by atoms with Crippen molar-refractivity contribution in [2.45, 2.75) is 82.0 Å². The molecule has 5 aliphatic rings. The van der Waals surface area contributed by atoms with Gasteiger partial charge in [0.25, 0.3) is 11.8 Å². The van der Waals surface area contributed by atoms with Gasteiger partial charge < -0.3 is 24.4 Å². The summed E-state index contributed by atoms with van der Waals surface area (Å²) >= 11 is 6.50. The molecule has 1 unspecified atom stereocenters. The molecule has 3 aromatic rings. The molecule has 3 fully saturated rings. The maximum absolute atomic E-state index is 14.9. The Balaban J connectivity index is 1.24. The molecule has 14 heteroatoms. The zero-order chi connectivity index (χ0) is 36.0. The summed E-state index contributed by atoms with van der Waals surface area (Å²) in [4.78, 5) is 30.2. The molecule has 52 heavy (non-hydrogen) atoms. The number of benzene rings is 2. The summed E-state index contributed by atoms with van der Waals surface area (Å²) in [5, 5.41) is 8.77. The molecule has 2 aromatic carbocycles. The minimum atomic E-state index is -3.64. The van der Waals surface area contributed by atoms with Crippen LogP contribution in [0, 0.1) is 11.8 Å². The van der Waals surface area contributed by atoms with Gasteiger partial charge in [-0.15, -0.1) is 9.46 Å². The van der Waals surface area contributed by atoms with Crippen LogP contribution in [-0.2, 0) is 34.7 Å². The van der Waals surface area contributed by atoms with E-state index in [0.717, 1.165) is 75.0 Å². The van der Waals surface area contributed by atoms with E-state index < -0.39 is 21.7 Å². The number of carbonyl (C=O) groups excluding carboxylic acids is 2. The van der Waals surface area contributed by atoms with E-state index in [9.17, 15) is 13.8 Å². The van der Waals surface area contributed by atoms with Crippen LogP contribution in [0.2, 0.25) is 5.02 Å². The van der Waals surface area contributed by atoms with E-state index in [1.165, 1.54) is 29.1 Å². The number of fused-ring (bicyclic) bond motifs is 5. The number of amides is 2. The first-order valence-corrected chi connectivity index (χ1v) is 20.6. The summed E-state index contributed by atoms with van der Waals surface area (Å²) in [6, 6.07) is 11.2. The molecule has 8 rings (SSSR count). The average Bonchev–Trinajstić information content (AvgIpc) is 3.68. The summed E-state index contributed by atoms with van der Waals surface area (Å²) in [7, 11) is -0.557. The van der Waals surface area contributed by atoms with Crippen molar-refractivity contribution in [1.29, 1.82) is 0 Å². The van der Waals surface area contributed by atoms with E-state index in [1.54, 1.807) is 13.1 Å².